The van der Waals surface area contributed by atoms with E-state index in [0.717, 1.165) is 6.20 Å². The first kappa shape index (κ1) is 30.8. The molecule has 3 N–H and O–H groups in total. The number of ketones is 1. The third kappa shape index (κ3) is 5.90. The normalized spacial score (nSPS) is 11.9. The number of halogens is 4. The first-order valence-corrected chi connectivity index (χ1v) is 14.7. The summed E-state index contributed by atoms with van der Waals surface area (Å²) in [4.78, 5) is 32.2. The number of nitrogens with zero attached hydrogens (tertiary/aromatic N) is 7. The minimum Gasteiger partial charge on any atom is -0.506 e. The monoisotopic (exact) mass is 734 g/mol. The number of nitrogen functional groups attached to an aromatic ring is 1. The number of rotatable bonds is 4. The zero-order valence-corrected chi connectivity index (χ0v) is 26.2. The van der Waals surface area contributed by atoms with Crippen LogP contribution in [-0.4, -0.2) is 45.6 Å². The first-order valence-electron chi connectivity index (χ1n) is 13.7. The van der Waals surface area contributed by atoms with Crippen LogP contribution in [0.3, 0.4) is 0 Å². The summed E-state index contributed by atoms with van der Waals surface area (Å²) in [6, 6.07) is 12.4. The Morgan fingerprint density at radius 2 is 1.59 bits per heavy atom. The lowest BCUT2D eigenvalue weighted by Crippen LogP contribution is -2.13. The average molecular weight is 734 g/mol. The van der Waals surface area contributed by atoms with Crippen LogP contribution in [0.5, 0.6) is 5.75 Å². The number of nitrogens with two attached hydrogens (primary N) is 1. The highest BCUT2D eigenvalue weighted by Crippen LogP contribution is 2.34. The summed E-state index contributed by atoms with van der Waals surface area (Å²) in [7, 11) is 0. The van der Waals surface area contributed by atoms with E-state index in [0.29, 0.717) is 59.2 Å². The molecule has 230 valence electrons. The zero-order chi connectivity index (χ0) is 32.7. The van der Waals surface area contributed by atoms with Crippen molar-refractivity contribution in [3.8, 4) is 16.9 Å². The lowest BCUT2D eigenvalue weighted by molar-refractivity contribution is 0.101. The van der Waals surface area contributed by atoms with Crippen molar-refractivity contribution >= 4 is 67.0 Å². The van der Waals surface area contributed by atoms with Crippen LogP contribution in [0.25, 0.3) is 44.0 Å². The highest BCUT2D eigenvalue weighted by atomic mass is 127. The van der Waals surface area contributed by atoms with E-state index in [1.165, 1.54) is 55.7 Å². The molecule has 7 aromatic rings. The fourth-order valence-electron chi connectivity index (χ4n) is 5.01. The van der Waals surface area contributed by atoms with Gasteiger partial charge in [0.05, 0.1) is 34.4 Å². The molecule has 0 aliphatic heterocycles. The first-order chi connectivity index (χ1) is 22.0. The predicted octanol–water partition coefficient (Wildman–Crippen LogP) is 6.79. The average Bonchev–Trinajstić information content (AvgIpc) is 3.37. The maximum absolute atomic E-state index is 14.0. The number of fused-ring (bicyclic) bond motifs is 3. The molecule has 7 rings (SSSR count). The van der Waals surface area contributed by atoms with Gasteiger partial charge >= 0.3 is 0 Å². The molecule has 0 aliphatic carbocycles. The number of carbonyl (C=O) groups excluding carboxylic acids is 1. The Balaban J connectivity index is 0.000000208. The molecule has 0 radical (unpaired) electrons. The smallest absolute Gasteiger partial charge is 0.181 e. The molecule has 1 unspecified atom stereocenters. The zero-order valence-electron chi connectivity index (χ0n) is 24.1. The van der Waals surface area contributed by atoms with Crippen LogP contribution in [-0.2, 0) is 0 Å². The summed E-state index contributed by atoms with van der Waals surface area (Å²) in [5.74, 6) is -1.46. The lowest BCUT2D eigenvalue weighted by atomic mass is 9.99. The number of carbonyl (C=O) groups is 1. The lowest BCUT2D eigenvalue weighted by Gasteiger charge is -2.18. The van der Waals surface area contributed by atoms with E-state index in [9.17, 15) is 23.1 Å². The maximum atomic E-state index is 14.0. The number of pyridine rings is 3. The van der Waals surface area contributed by atoms with E-state index in [4.69, 9.17) is 10.7 Å². The molecule has 0 amide bonds. The number of aromatic hydroxyl groups is 1. The van der Waals surface area contributed by atoms with Crippen molar-refractivity contribution in [3.63, 3.8) is 0 Å². The van der Waals surface area contributed by atoms with Crippen LogP contribution in [0.1, 0.15) is 36.1 Å². The van der Waals surface area contributed by atoms with Gasteiger partial charge in [0.25, 0.3) is 0 Å². The summed E-state index contributed by atoms with van der Waals surface area (Å²) in [5.41, 5.74) is 9.46. The van der Waals surface area contributed by atoms with Gasteiger partial charge in [0, 0.05) is 35.0 Å². The minimum absolute atomic E-state index is 0.00843. The van der Waals surface area contributed by atoms with Crippen LogP contribution < -0.4 is 5.73 Å². The van der Waals surface area contributed by atoms with Gasteiger partial charge in [-0.1, -0.05) is 0 Å². The van der Waals surface area contributed by atoms with Gasteiger partial charge in [0.2, 0.25) is 0 Å². The van der Waals surface area contributed by atoms with Crippen molar-refractivity contribution < 1.29 is 23.1 Å². The summed E-state index contributed by atoms with van der Waals surface area (Å²) in [6.45, 7) is 3.23. The highest BCUT2D eigenvalue weighted by molar-refractivity contribution is 14.1. The molecule has 2 aromatic carbocycles. The molecular formula is C32H22F3IN8O2. The van der Waals surface area contributed by atoms with Crippen molar-refractivity contribution in [1.82, 2.24) is 34.7 Å². The van der Waals surface area contributed by atoms with Gasteiger partial charge in [0.1, 0.15) is 44.7 Å². The summed E-state index contributed by atoms with van der Waals surface area (Å²) >= 11 is 2.09. The number of anilines is 1. The molecular weight excluding hydrogens is 712 g/mol. The van der Waals surface area contributed by atoms with Crippen LogP contribution in [0.4, 0.5) is 19.0 Å². The molecule has 0 bridgehead atoms. The quantitative estimate of drug-likeness (QED) is 0.147. The summed E-state index contributed by atoms with van der Waals surface area (Å²) in [5, 5.41) is 15.8. The van der Waals surface area contributed by atoms with Gasteiger partial charge in [-0.05, 0) is 84.1 Å². The van der Waals surface area contributed by atoms with Gasteiger partial charge in [-0.3, -0.25) is 9.78 Å². The Bertz CT molecular complexity index is 2310. The molecule has 0 saturated heterocycles. The standard InChI is InChI=1S/C21H14F2IN7.C11H8FNO2/c1-10(31-21-17(19(24)30-31)20(25)27-9-28-21)18-15(12-5-14(23)8-26-7-12)6-11-4-13(22)2-3-16(11)29-18;1-6(14)11-10(15)5-7-4-8(12)2-3-9(7)13-11/h2-10H,1H3,(H2,25,27,28);2-5,15H,1H3. The topological polar surface area (TPSA) is 146 Å². The van der Waals surface area contributed by atoms with Crippen LogP contribution in [0, 0.1) is 21.2 Å². The van der Waals surface area contributed by atoms with Crippen molar-refractivity contribution in [2.45, 2.75) is 19.9 Å². The van der Waals surface area contributed by atoms with E-state index in [1.54, 1.807) is 23.0 Å². The van der Waals surface area contributed by atoms with Gasteiger partial charge in [-0.2, -0.15) is 5.10 Å². The summed E-state index contributed by atoms with van der Waals surface area (Å²) < 4.78 is 43.0. The molecule has 10 nitrogen and oxygen atoms in total. The van der Waals surface area contributed by atoms with Crippen molar-refractivity contribution in [2.24, 2.45) is 0 Å². The molecule has 0 spiro atoms. The van der Waals surface area contributed by atoms with Gasteiger partial charge < -0.3 is 10.8 Å². The molecule has 46 heavy (non-hydrogen) atoms. The van der Waals surface area contributed by atoms with E-state index in [2.05, 4.69) is 47.6 Å². The van der Waals surface area contributed by atoms with E-state index in [-0.39, 0.29) is 23.0 Å². The second-order valence-corrected chi connectivity index (χ2v) is 11.3. The van der Waals surface area contributed by atoms with Gasteiger partial charge in [-0.15, -0.1) is 0 Å². The fourth-order valence-corrected chi connectivity index (χ4v) is 5.76. The SMILES string of the molecule is CC(=O)c1nc2ccc(F)cc2cc1O.CC(c1nc2ccc(F)cc2cc1-c1cncc(F)c1)n1nc(I)c2c(N)ncnc21. The molecule has 0 fully saturated rings. The number of Topliss-reactive ketones (excluding diaryl/α,β-unsaturated/α-hetero) is 1. The van der Waals surface area contributed by atoms with Crippen LogP contribution in [0.15, 0.2) is 73.3 Å². The van der Waals surface area contributed by atoms with Crippen LogP contribution >= 0.6 is 22.6 Å². The molecule has 14 heteroatoms. The van der Waals surface area contributed by atoms with Crippen molar-refractivity contribution in [3.05, 3.63) is 106 Å². The molecule has 5 heterocycles. The number of aromatic nitrogens is 7. The largest absolute Gasteiger partial charge is 0.506 e. The van der Waals surface area contributed by atoms with Gasteiger partial charge in [0.15, 0.2) is 11.4 Å². The van der Waals surface area contributed by atoms with Gasteiger partial charge in [-0.25, -0.2) is 37.8 Å². The third-order valence-electron chi connectivity index (χ3n) is 7.15. The molecule has 5 aromatic heterocycles. The Morgan fingerprint density at radius 3 is 2.26 bits per heavy atom. The van der Waals surface area contributed by atoms with E-state index < -0.39 is 17.7 Å². The molecule has 0 aliphatic rings. The molecule has 1 atom stereocenters. The Hall–Kier alpha value is -5.25. The van der Waals surface area contributed by atoms with E-state index in [1.807, 2.05) is 6.92 Å². The number of hydrogen-bond acceptors (Lipinski definition) is 9. The third-order valence-corrected chi connectivity index (χ3v) is 7.91. The molecule has 0 saturated carbocycles. The number of benzene rings is 2. The minimum atomic E-state index is -0.477. The second kappa shape index (κ2) is 12.3. The number of hydrogen-bond donors (Lipinski definition) is 2. The predicted molar refractivity (Wildman–Crippen MR) is 175 cm³/mol. The fraction of sp³-hybridized carbons (Fsp3) is 0.0938. The Labute approximate surface area is 272 Å². The van der Waals surface area contributed by atoms with Crippen LogP contribution in [0.2, 0.25) is 0 Å². The maximum Gasteiger partial charge on any atom is 0.181 e. The van der Waals surface area contributed by atoms with Crippen molar-refractivity contribution in [2.75, 3.05) is 5.73 Å². The van der Waals surface area contributed by atoms with Crippen molar-refractivity contribution in [1.29, 1.82) is 0 Å². The van der Waals surface area contributed by atoms with E-state index >= 15 is 0 Å². The second-order valence-electron chi connectivity index (χ2n) is 10.3. The Morgan fingerprint density at radius 1 is 0.913 bits per heavy atom. The summed E-state index contributed by atoms with van der Waals surface area (Å²) in [6.07, 6.45) is 4.06. The Kier molecular flexibility index (Phi) is 8.20. The highest BCUT2D eigenvalue weighted by Gasteiger charge is 2.23.